The van der Waals surface area contributed by atoms with Crippen LogP contribution in [0.5, 0.6) is 17.2 Å². The van der Waals surface area contributed by atoms with Crippen molar-refractivity contribution in [2.45, 2.75) is 0 Å². The van der Waals surface area contributed by atoms with Crippen molar-refractivity contribution < 1.29 is 19.0 Å². The number of benzene rings is 2. The fraction of sp³-hybridized carbons (Fsp3) is 0.143. The van der Waals surface area contributed by atoms with Crippen molar-refractivity contribution >= 4 is 17.7 Å². The first-order valence-electron chi connectivity index (χ1n) is 8.10. The summed E-state index contributed by atoms with van der Waals surface area (Å²) >= 11 is 0. The highest BCUT2D eigenvalue weighted by atomic mass is 16.5. The number of ether oxygens (including phenoxy) is 3. The van der Waals surface area contributed by atoms with Gasteiger partial charge in [-0.1, -0.05) is 18.7 Å². The lowest BCUT2D eigenvalue weighted by atomic mass is 10.1. The number of carbonyl (C=O) groups is 1. The number of rotatable bonds is 8. The van der Waals surface area contributed by atoms with E-state index in [4.69, 9.17) is 14.2 Å². The molecular weight excluding hydrogens is 344 g/mol. The maximum Gasteiger partial charge on any atom is 0.266 e. The van der Waals surface area contributed by atoms with Crippen LogP contribution in [-0.4, -0.2) is 26.7 Å². The number of nitriles is 1. The molecule has 6 heteroatoms. The maximum absolute atomic E-state index is 12.4. The summed E-state index contributed by atoms with van der Waals surface area (Å²) in [5, 5.41) is 12.0. The molecule has 0 heterocycles. The Morgan fingerprint density at radius 1 is 1.15 bits per heavy atom. The van der Waals surface area contributed by atoms with Gasteiger partial charge in [-0.05, 0) is 48.0 Å². The summed E-state index contributed by atoms with van der Waals surface area (Å²) in [6.45, 7) is 3.95. The predicted molar refractivity (Wildman–Crippen MR) is 104 cm³/mol. The molecule has 1 N–H and O–H groups in total. The number of amides is 1. The van der Waals surface area contributed by atoms with Gasteiger partial charge in [-0.15, -0.1) is 0 Å². The lowest BCUT2D eigenvalue weighted by Gasteiger charge is -2.10. The van der Waals surface area contributed by atoms with E-state index in [0.29, 0.717) is 35.1 Å². The Hall–Kier alpha value is -3.72. The summed E-state index contributed by atoms with van der Waals surface area (Å²) in [6, 6.07) is 13.9. The Labute approximate surface area is 158 Å². The largest absolute Gasteiger partial charge is 0.497 e. The van der Waals surface area contributed by atoms with E-state index >= 15 is 0 Å². The van der Waals surface area contributed by atoms with Gasteiger partial charge < -0.3 is 19.5 Å². The van der Waals surface area contributed by atoms with Gasteiger partial charge in [0.1, 0.15) is 24.0 Å². The molecule has 0 aliphatic heterocycles. The molecule has 1 amide bonds. The second-order valence-corrected chi connectivity index (χ2v) is 5.36. The molecule has 2 aromatic carbocycles. The van der Waals surface area contributed by atoms with Gasteiger partial charge in [0.05, 0.1) is 14.2 Å². The third-order valence-corrected chi connectivity index (χ3v) is 3.57. The zero-order valence-electron chi connectivity index (χ0n) is 15.2. The van der Waals surface area contributed by atoms with E-state index in [0.717, 1.165) is 0 Å². The number of hydrogen-bond donors (Lipinski definition) is 1. The molecule has 138 valence electrons. The fourth-order valence-corrected chi connectivity index (χ4v) is 2.23. The van der Waals surface area contributed by atoms with E-state index in [1.54, 1.807) is 55.7 Å². The van der Waals surface area contributed by atoms with Gasteiger partial charge in [0.15, 0.2) is 11.5 Å². The van der Waals surface area contributed by atoms with E-state index in [-0.39, 0.29) is 5.57 Å². The van der Waals surface area contributed by atoms with Gasteiger partial charge in [-0.2, -0.15) is 5.26 Å². The van der Waals surface area contributed by atoms with E-state index in [1.807, 2.05) is 6.07 Å². The molecule has 0 saturated carbocycles. The van der Waals surface area contributed by atoms with Crippen LogP contribution in [0.2, 0.25) is 0 Å². The number of nitrogens with one attached hydrogen (secondary N) is 1. The summed E-state index contributed by atoms with van der Waals surface area (Å²) in [5.41, 5.74) is 1.17. The molecule has 0 aliphatic carbocycles. The zero-order chi connectivity index (χ0) is 19.6. The Bertz CT molecular complexity index is 880. The summed E-state index contributed by atoms with van der Waals surface area (Å²) < 4.78 is 15.9. The molecule has 0 saturated heterocycles. The second-order valence-electron chi connectivity index (χ2n) is 5.36. The molecule has 0 unspecified atom stereocenters. The smallest absolute Gasteiger partial charge is 0.266 e. The molecule has 0 bridgehead atoms. The minimum atomic E-state index is -0.506. The van der Waals surface area contributed by atoms with Crippen LogP contribution >= 0.6 is 0 Å². The highest BCUT2D eigenvalue weighted by Gasteiger charge is 2.11. The Kier molecular flexibility index (Phi) is 7.03. The SMILES string of the molecule is C=CCOc1ccc(/C=C(/C#N)C(=O)Nc2ccc(OC)cc2)cc1OC. The summed E-state index contributed by atoms with van der Waals surface area (Å²) in [5.74, 6) is 1.22. The van der Waals surface area contributed by atoms with Gasteiger partial charge in [-0.25, -0.2) is 0 Å². The normalized spacial score (nSPS) is 10.5. The Morgan fingerprint density at radius 2 is 1.89 bits per heavy atom. The third-order valence-electron chi connectivity index (χ3n) is 3.57. The number of methoxy groups -OCH3 is 2. The molecule has 6 nitrogen and oxygen atoms in total. The standard InChI is InChI=1S/C21H20N2O4/c1-4-11-27-19-10-5-15(13-20(19)26-3)12-16(14-22)21(24)23-17-6-8-18(25-2)9-7-17/h4-10,12-13H,1,11H2,2-3H3,(H,23,24)/b16-12-. The number of hydrogen-bond acceptors (Lipinski definition) is 5. The molecule has 0 spiro atoms. The second kappa shape index (κ2) is 9.68. The van der Waals surface area contributed by atoms with Gasteiger partial charge in [0.2, 0.25) is 0 Å². The molecule has 2 aromatic rings. The Morgan fingerprint density at radius 3 is 2.48 bits per heavy atom. The number of carbonyl (C=O) groups excluding carboxylic acids is 1. The quantitative estimate of drug-likeness (QED) is 0.438. The van der Waals surface area contributed by atoms with Gasteiger partial charge in [0, 0.05) is 5.69 Å². The Balaban J connectivity index is 2.19. The molecule has 0 atom stereocenters. The van der Waals surface area contributed by atoms with Crippen LogP contribution in [-0.2, 0) is 4.79 Å². The lowest BCUT2D eigenvalue weighted by Crippen LogP contribution is -2.13. The van der Waals surface area contributed by atoms with Crippen LogP contribution in [0.15, 0.2) is 60.7 Å². The van der Waals surface area contributed by atoms with Crippen molar-refractivity contribution in [2.24, 2.45) is 0 Å². The van der Waals surface area contributed by atoms with Gasteiger partial charge in [0.25, 0.3) is 5.91 Å². The molecule has 2 rings (SSSR count). The van der Waals surface area contributed by atoms with Crippen molar-refractivity contribution in [3.8, 4) is 23.3 Å². The van der Waals surface area contributed by atoms with Crippen LogP contribution in [0, 0.1) is 11.3 Å². The van der Waals surface area contributed by atoms with Crippen LogP contribution in [0.1, 0.15) is 5.56 Å². The lowest BCUT2D eigenvalue weighted by molar-refractivity contribution is -0.112. The average Bonchev–Trinajstić information content (AvgIpc) is 2.71. The summed E-state index contributed by atoms with van der Waals surface area (Å²) in [6.07, 6.45) is 3.11. The van der Waals surface area contributed by atoms with E-state index < -0.39 is 5.91 Å². The van der Waals surface area contributed by atoms with Crippen molar-refractivity contribution in [1.29, 1.82) is 5.26 Å². The van der Waals surface area contributed by atoms with Crippen LogP contribution in [0.4, 0.5) is 5.69 Å². The topological polar surface area (TPSA) is 80.6 Å². The number of nitrogens with zero attached hydrogens (tertiary/aromatic N) is 1. The van der Waals surface area contributed by atoms with Crippen LogP contribution in [0.25, 0.3) is 6.08 Å². The molecule has 0 aliphatic rings. The highest BCUT2D eigenvalue weighted by molar-refractivity contribution is 6.09. The van der Waals surface area contributed by atoms with Crippen LogP contribution < -0.4 is 19.5 Å². The predicted octanol–water partition coefficient (Wildman–Crippen LogP) is 3.81. The van der Waals surface area contributed by atoms with E-state index in [1.165, 1.54) is 13.2 Å². The monoisotopic (exact) mass is 364 g/mol. The fourth-order valence-electron chi connectivity index (χ4n) is 2.23. The first kappa shape index (κ1) is 19.6. The average molecular weight is 364 g/mol. The summed E-state index contributed by atoms with van der Waals surface area (Å²) in [4.78, 5) is 12.4. The first-order valence-corrected chi connectivity index (χ1v) is 8.10. The van der Waals surface area contributed by atoms with Crippen molar-refractivity contribution in [3.63, 3.8) is 0 Å². The first-order chi connectivity index (χ1) is 13.1. The molecule has 27 heavy (non-hydrogen) atoms. The minimum Gasteiger partial charge on any atom is -0.497 e. The highest BCUT2D eigenvalue weighted by Crippen LogP contribution is 2.29. The van der Waals surface area contributed by atoms with Crippen molar-refractivity contribution in [3.05, 3.63) is 66.3 Å². The van der Waals surface area contributed by atoms with Crippen molar-refractivity contribution in [1.82, 2.24) is 0 Å². The molecule has 0 radical (unpaired) electrons. The van der Waals surface area contributed by atoms with Gasteiger partial charge in [-0.3, -0.25) is 4.79 Å². The molecule has 0 fully saturated rings. The van der Waals surface area contributed by atoms with E-state index in [2.05, 4.69) is 11.9 Å². The van der Waals surface area contributed by atoms with Gasteiger partial charge >= 0.3 is 0 Å². The summed E-state index contributed by atoms with van der Waals surface area (Å²) in [7, 11) is 3.08. The molecule has 0 aromatic heterocycles. The third kappa shape index (κ3) is 5.38. The van der Waals surface area contributed by atoms with Crippen LogP contribution in [0.3, 0.4) is 0 Å². The number of anilines is 1. The molecular formula is C21H20N2O4. The maximum atomic E-state index is 12.4. The van der Waals surface area contributed by atoms with Crippen molar-refractivity contribution in [2.75, 3.05) is 26.1 Å². The van der Waals surface area contributed by atoms with E-state index in [9.17, 15) is 10.1 Å². The zero-order valence-corrected chi connectivity index (χ0v) is 15.2. The minimum absolute atomic E-state index is 0.0346.